The van der Waals surface area contributed by atoms with Crippen molar-refractivity contribution in [3.8, 4) is 0 Å². The van der Waals surface area contributed by atoms with Gasteiger partial charge < -0.3 is 30.1 Å². The minimum Gasteiger partial charge on any atom is -0.383 e. The summed E-state index contributed by atoms with van der Waals surface area (Å²) in [5.41, 5.74) is 2.99. The van der Waals surface area contributed by atoms with E-state index in [1.54, 1.807) is 24.1 Å². The molecule has 2 aromatic rings. The van der Waals surface area contributed by atoms with Crippen molar-refractivity contribution in [1.29, 1.82) is 0 Å². The average molecular weight is 583 g/mol. The van der Waals surface area contributed by atoms with E-state index in [-0.39, 0.29) is 18.0 Å². The van der Waals surface area contributed by atoms with Crippen LogP contribution in [-0.4, -0.2) is 86.8 Å². The molecule has 2 N–H and O–H groups in total. The summed E-state index contributed by atoms with van der Waals surface area (Å²) in [5, 5.41) is 8.00. The Kier molecular flexibility index (Phi) is 10.0. The van der Waals surface area contributed by atoms with Gasteiger partial charge in [-0.2, -0.15) is 0 Å². The van der Waals surface area contributed by atoms with E-state index in [0.29, 0.717) is 73.9 Å². The smallest absolute Gasteiger partial charge is 0.318 e. The molecule has 0 aliphatic carbocycles. The Hall–Kier alpha value is -2.23. The van der Waals surface area contributed by atoms with Gasteiger partial charge in [-0.3, -0.25) is 4.79 Å². The lowest BCUT2D eigenvalue weighted by molar-refractivity contribution is -0.136. The number of carbonyl (C=O) groups excluding carboxylic acids is 2. The number of ether oxygens (including phenoxy) is 1. The normalized spacial score (nSPS) is 17.5. The zero-order valence-corrected chi connectivity index (χ0v) is 24.0. The molecule has 2 aliphatic heterocycles. The standard InChI is InChI=1S/C27H34Cl3N5O3/c1-18(17-38-2)32-16-20-13-21(28)5-6-24(20)33-9-11-34(12-10-33)26(36)25(35-8-7-31-27(35)37)14-19-3-4-22(29)15-23(19)30/h3-6,13,15,18,25,32H,7-12,14,16-17H2,1-2H3,(H,31,37). The van der Waals surface area contributed by atoms with E-state index < -0.39 is 6.04 Å². The maximum atomic E-state index is 13.8. The molecule has 2 heterocycles. The molecule has 8 nitrogen and oxygen atoms in total. The highest BCUT2D eigenvalue weighted by Crippen LogP contribution is 2.27. The summed E-state index contributed by atoms with van der Waals surface area (Å²) in [6, 6.07) is 10.5. The van der Waals surface area contributed by atoms with Crippen LogP contribution in [0.1, 0.15) is 18.1 Å². The first-order valence-corrected chi connectivity index (χ1v) is 13.9. The Balaban J connectivity index is 1.45. The van der Waals surface area contributed by atoms with Crippen LogP contribution in [0.15, 0.2) is 36.4 Å². The highest BCUT2D eigenvalue weighted by atomic mass is 35.5. The topological polar surface area (TPSA) is 77.2 Å². The number of carbonyl (C=O) groups is 2. The van der Waals surface area contributed by atoms with Crippen molar-refractivity contribution in [2.24, 2.45) is 0 Å². The third-order valence-corrected chi connectivity index (χ3v) is 7.83. The second kappa shape index (κ2) is 13.2. The predicted octanol–water partition coefficient (Wildman–Crippen LogP) is 4.06. The number of methoxy groups -OCH3 is 1. The largest absolute Gasteiger partial charge is 0.383 e. The fourth-order valence-electron chi connectivity index (χ4n) is 4.99. The second-order valence-corrected chi connectivity index (χ2v) is 11.0. The summed E-state index contributed by atoms with van der Waals surface area (Å²) in [7, 11) is 1.69. The van der Waals surface area contributed by atoms with E-state index >= 15 is 0 Å². The number of benzene rings is 2. The quantitative estimate of drug-likeness (QED) is 0.442. The molecule has 2 unspecified atom stereocenters. The highest BCUT2D eigenvalue weighted by Gasteiger charge is 2.37. The number of nitrogens with one attached hydrogen (secondary N) is 2. The molecule has 0 spiro atoms. The van der Waals surface area contributed by atoms with Gasteiger partial charge in [0.05, 0.1) is 6.61 Å². The van der Waals surface area contributed by atoms with Crippen molar-refractivity contribution in [2.45, 2.75) is 32.0 Å². The number of hydrogen-bond acceptors (Lipinski definition) is 5. The van der Waals surface area contributed by atoms with Crippen LogP contribution in [0.25, 0.3) is 0 Å². The van der Waals surface area contributed by atoms with Gasteiger partial charge in [0.2, 0.25) is 5.91 Å². The Bertz CT molecular complexity index is 1140. The van der Waals surface area contributed by atoms with Gasteiger partial charge in [-0.25, -0.2) is 4.79 Å². The maximum Gasteiger partial charge on any atom is 0.318 e. The van der Waals surface area contributed by atoms with Gasteiger partial charge in [0.25, 0.3) is 0 Å². The molecule has 11 heteroatoms. The predicted molar refractivity (Wildman–Crippen MR) is 152 cm³/mol. The van der Waals surface area contributed by atoms with Crippen LogP contribution < -0.4 is 15.5 Å². The first-order valence-electron chi connectivity index (χ1n) is 12.8. The monoisotopic (exact) mass is 581 g/mol. The van der Waals surface area contributed by atoms with E-state index in [0.717, 1.165) is 16.8 Å². The van der Waals surface area contributed by atoms with Crippen molar-refractivity contribution in [3.63, 3.8) is 0 Å². The highest BCUT2D eigenvalue weighted by molar-refractivity contribution is 6.35. The maximum absolute atomic E-state index is 13.8. The molecule has 0 radical (unpaired) electrons. The van der Waals surface area contributed by atoms with E-state index in [4.69, 9.17) is 39.5 Å². The van der Waals surface area contributed by atoms with Gasteiger partial charge in [-0.05, 0) is 48.4 Å². The molecular formula is C27H34Cl3N5O3. The number of rotatable bonds is 10. The Morgan fingerprint density at radius 1 is 1.03 bits per heavy atom. The van der Waals surface area contributed by atoms with Gasteiger partial charge in [-0.15, -0.1) is 0 Å². The number of urea groups is 1. The van der Waals surface area contributed by atoms with Crippen LogP contribution in [0, 0.1) is 0 Å². The van der Waals surface area contributed by atoms with Gasteiger partial charge in [0, 0.05) is 86.1 Å². The van der Waals surface area contributed by atoms with Crippen molar-refractivity contribution in [1.82, 2.24) is 20.4 Å². The van der Waals surface area contributed by atoms with E-state index in [1.165, 1.54) is 0 Å². The van der Waals surface area contributed by atoms with Crippen LogP contribution in [0.5, 0.6) is 0 Å². The first-order chi connectivity index (χ1) is 18.3. The van der Waals surface area contributed by atoms with Crippen LogP contribution in [0.3, 0.4) is 0 Å². The molecule has 2 saturated heterocycles. The van der Waals surface area contributed by atoms with Gasteiger partial charge >= 0.3 is 6.03 Å². The minimum absolute atomic E-state index is 0.0703. The Labute approximate surface area is 239 Å². The third kappa shape index (κ3) is 7.04. The summed E-state index contributed by atoms with van der Waals surface area (Å²) < 4.78 is 5.23. The Morgan fingerprint density at radius 3 is 2.39 bits per heavy atom. The SMILES string of the molecule is COCC(C)NCc1cc(Cl)ccc1N1CCN(C(=O)C(Cc2ccc(Cl)cc2Cl)N2CCNC2=O)CC1. The fourth-order valence-corrected chi connectivity index (χ4v) is 5.67. The number of piperazine rings is 1. The molecule has 38 heavy (non-hydrogen) atoms. The third-order valence-electron chi connectivity index (χ3n) is 7.01. The second-order valence-electron chi connectivity index (χ2n) is 9.70. The van der Waals surface area contributed by atoms with Crippen molar-refractivity contribution < 1.29 is 14.3 Å². The first kappa shape index (κ1) is 28.8. The molecule has 2 aromatic carbocycles. The molecule has 2 aliphatic rings. The molecule has 0 bridgehead atoms. The molecule has 2 atom stereocenters. The molecular weight excluding hydrogens is 549 g/mol. The Morgan fingerprint density at radius 2 is 1.74 bits per heavy atom. The summed E-state index contributed by atoms with van der Waals surface area (Å²) in [6.07, 6.45) is 0.329. The number of hydrogen-bond donors (Lipinski definition) is 2. The van der Waals surface area contributed by atoms with Crippen LogP contribution in [0.2, 0.25) is 15.1 Å². The number of nitrogens with zero attached hydrogens (tertiary/aromatic N) is 3. The summed E-state index contributed by atoms with van der Waals surface area (Å²) in [6.45, 7) is 6.80. The number of amides is 3. The van der Waals surface area contributed by atoms with E-state index in [2.05, 4.69) is 22.5 Å². The number of halogens is 3. The zero-order chi connectivity index (χ0) is 27.2. The lowest BCUT2D eigenvalue weighted by Crippen LogP contribution is -2.56. The van der Waals surface area contributed by atoms with Crippen LogP contribution in [-0.2, 0) is 22.5 Å². The number of anilines is 1. The van der Waals surface area contributed by atoms with Gasteiger partial charge in [0.15, 0.2) is 0 Å². The molecule has 3 amide bonds. The molecule has 2 fully saturated rings. The zero-order valence-electron chi connectivity index (χ0n) is 21.7. The van der Waals surface area contributed by atoms with Crippen LogP contribution >= 0.6 is 34.8 Å². The lowest BCUT2D eigenvalue weighted by Gasteiger charge is -2.39. The van der Waals surface area contributed by atoms with Crippen molar-refractivity contribution >= 4 is 52.4 Å². The summed E-state index contributed by atoms with van der Waals surface area (Å²) >= 11 is 18.8. The van der Waals surface area contributed by atoms with E-state index in [1.807, 2.05) is 29.2 Å². The molecule has 0 aromatic heterocycles. The minimum atomic E-state index is -0.639. The lowest BCUT2D eigenvalue weighted by atomic mass is 10.0. The van der Waals surface area contributed by atoms with E-state index in [9.17, 15) is 9.59 Å². The van der Waals surface area contributed by atoms with Crippen molar-refractivity contribution in [2.75, 3.05) is 57.9 Å². The summed E-state index contributed by atoms with van der Waals surface area (Å²) in [5.74, 6) is -0.0703. The summed E-state index contributed by atoms with van der Waals surface area (Å²) in [4.78, 5) is 32.1. The molecule has 206 valence electrons. The van der Waals surface area contributed by atoms with Crippen LogP contribution in [0.4, 0.5) is 10.5 Å². The average Bonchev–Trinajstić information content (AvgIpc) is 3.32. The molecule has 4 rings (SSSR count). The van der Waals surface area contributed by atoms with Crippen molar-refractivity contribution in [3.05, 3.63) is 62.6 Å². The van der Waals surface area contributed by atoms with Gasteiger partial charge in [-0.1, -0.05) is 40.9 Å². The van der Waals surface area contributed by atoms with Gasteiger partial charge in [0.1, 0.15) is 6.04 Å². The molecule has 0 saturated carbocycles. The fraction of sp³-hybridized carbons (Fsp3) is 0.481.